The predicted molar refractivity (Wildman–Crippen MR) is 113 cm³/mol. The molecule has 0 saturated carbocycles. The van der Waals surface area contributed by atoms with Gasteiger partial charge in [-0.1, -0.05) is 60.4 Å². The van der Waals surface area contributed by atoms with E-state index in [1.165, 1.54) is 30.6 Å². The van der Waals surface area contributed by atoms with Crippen molar-refractivity contribution in [3.8, 4) is 23.0 Å². The summed E-state index contributed by atoms with van der Waals surface area (Å²) >= 11 is 0. The third-order valence-corrected chi connectivity index (χ3v) is 4.92. The molecule has 7 nitrogen and oxygen atoms in total. The summed E-state index contributed by atoms with van der Waals surface area (Å²) in [6, 6.07) is 16.3. The van der Waals surface area contributed by atoms with Gasteiger partial charge in [-0.3, -0.25) is 0 Å². The highest BCUT2D eigenvalue weighted by atomic mass is 16.5. The molecule has 0 spiro atoms. The Morgan fingerprint density at radius 1 is 1.00 bits per heavy atom. The minimum atomic E-state index is -0.614. The number of carbonyl (C=O) groups excluding carboxylic acids is 2. The lowest BCUT2D eigenvalue weighted by Gasteiger charge is -2.14. The van der Waals surface area contributed by atoms with Crippen LogP contribution in [0.25, 0.3) is 11.1 Å². The fourth-order valence-electron chi connectivity index (χ4n) is 3.50. The standard InChI is InChI=1S/C24H19N3O4/c1-30-23(28)22-26-13-16(14-27-22)7-6-12-25-24(29)31-15-21-19-10-4-2-8-17(19)18-9-3-5-11-20(18)21/h2-5,8-11,13-14,21H,12,15H2,1H3,(H,25,29). The smallest absolute Gasteiger partial charge is 0.407 e. The van der Waals surface area contributed by atoms with Gasteiger partial charge < -0.3 is 14.8 Å². The van der Waals surface area contributed by atoms with Crippen molar-refractivity contribution in [1.29, 1.82) is 0 Å². The van der Waals surface area contributed by atoms with Crippen LogP contribution in [0.1, 0.15) is 33.2 Å². The summed E-state index contributed by atoms with van der Waals surface area (Å²) in [4.78, 5) is 31.2. The number of alkyl carbamates (subject to hydrolysis) is 1. The van der Waals surface area contributed by atoms with Crippen LogP contribution in [-0.4, -0.2) is 42.3 Å². The summed E-state index contributed by atoms with van der Waals surface area (Å²) in [5.41, 5.74) is 5.19. The molecule has 1 heterocycles. The number of methoxy groups -OCH3 is 1. The average Bonchev–Trinajstić information content (AvgIpc) is 3.14. The molecular formula is C24H19N3O4. The number of amides is 1. The van der Waals surface area contributed by atoms with E-state index >= 15 is 0 Å². The predicted octanol–water partition coefficient (Wildman–Crippen LogP) is 3.15. The van der Waals surface area contributed by atoms with Crippen LogP contribution in [0.15, 0.2) is 60.9 Å². The second-order valence-electron chi connectivity index (χ2n) is 6.77. The number of esters is 1. The number of hydrogen-bond donors (Lipinski definition) is 1. The number of nitrogens with zero attached hydrogens (tertiary/aromatic N) is 2. The number of ether oxygens (including phenoxy) is 2. The van der Waals surface area contributed by atoms with Crippen LogP contribution >= 0.6 is 0 Å². The molecule has 1 amide bonds. The first-order valence-corrected chi connectivity index (χ1v) is 9.65. The summed E-state index contributed by atoms with van der Waals surface area (Å²) in [6.07, 6.45) is 2.30. The van der Waals surface area contributed by atoms with Crippen LogP contribution in [0.3, 0.4) is 0 Å². The van der Waals surface area contributed by atoms with Crippen molar-refractivity contribution in [2.75, 3.05) is 20.3 Å². The Kier molecular flexibility index (Phi) is 5.90. The molecule has 31 heavy (non-hydrogen) atoms. The molecule has 2 aromatic carbocycles. The molecule has 154 valence electrons. The Bertz CT molecular complexity index is 1130. The van der Waals surface area contributed by atoms with Crippen molar-refractivity contribution >= 4 is 12.1 Å². The second-order valence-corrected chi connectivity index (χ2v) is 6.77. The highest BCUT2D eigenvalue weighted by molar-refractivity contribution is 5.84. The lowest BCUT2D eigenvalue weighted by Crippen LogP contribution is -2.26. The molecule has 0 bridgehead atoms. The van der Waals surface area contributed by atoms with E-state index in [4.69, 9.17) is 4.74 Å². The maximum Gasteiger partial charge on any atom is 0.407 e. The van der Waals surface area contributed by atoms with E-state index in [9.17, 15) is 9.59 Å². The van der Waals surface area contributed by atoms with Crippen molar-refractivity contribution in [2.45, 2.75) is 5.92 Å². The summed E-state index contributed by atoms with van der Waals surface area (Å²) in [5, 5.41) is 2.61. The van der Waals surface area contributed by atoms with Crippen LogP contribution in [0.4, 0.5) is 4.79 Å². The average molecular weight is 413 g/mol. The first kappa shape index (κ1) is 20.1. The molecule has 0 fully saturated rings. The van der Waals surface area contributed by atoms with Crippen LogP contribution < -0.4 is 5.32 Å². The summed E-state index contributed by atoms with van der Waals surface area (Å²) in [5.74, 6) is 4.96. The number of hydrogen-bond acceptors (Lipinski definition) is 6. The zero-order valence-electron chi connectivity index (χ0n) is 16.8. The third-order valence-electron chi connectivity index (χ3n) is 4.92. The molecule has 0 atom stereocenters. The maximum absolute atomic E-state index is 12.1. The van der Waals surface area contributed by atoms with Gasteiger partial charge in [-0.15, -0.1) is 0 Å². The number of rotatable bonds is 4. The minimum Gasteiger partial charge on any atom is -0.463 e. The molecule has 0 unspecified atom stereocenters. The molecule has 0 radical (unpaired) electrons. The summed E-state index contributed by atoms with van der Waals surface area (Å²) < 4.78 is 9.99. The lowest BCUT2D eigenvalue weighted by atomic mass is 9.98. The monoisotopic (exact) mass is 413 g/mol. The van der Waals surface area contributed by atoms with Gasteiger partial charge in [-0.2, -0.15) is 0 Å². The van der Waals surface area contributed by atoms with E-state index in [1.54, 1.807) is 0 Å². The van der Waals surface area contributed by atoms with Gasteiger partial charge in [0, 0.05) is 18.3 Å². The molecule has 0 aliphatic heterocycles. The highest BCUT2D eigenvalue weighted by Gasteiger charge is 2.28. The summed E-state index contributed by atoms with van der Waals surface area (Å²) in [7, 11) is 1.26. The van der Waals surface area contributed by atoms with E-state index in [0.29, 0.717) is 5.56 Å². The fraction of sp³-hybridized carbons (Fsp3) is 0.167. The van der Waals surface area contributed by atoms with Gasteiger partial charge in [0.15, 0.2) is 0 Å². The van der Waals surface area contributed by atoms with Gasteiger partial charge in [0.05, 0.1) is 19.2 Å². The van der Waals surface area contributed by atoms with E-state index in [2.05, 4.69) is 56.1 Å². The Morgan fingerprint density at radius 2 is 1.61 bits per heavy atom. The Labute approximate surface area is 179 Å². The van der Waals surface area contributed by atoms with E-state index in [-0.39, 0.29) is 24.9 Å². The molecule has 1 aromatic heterocycles. The lowest BCUT2D eigenvalue weighted by molar-refractivity contribution is 0.0586. The van der Waals surface area contributed by atoms with Gasteiger partial charge in [-0.05, 0) is 22.3 Å². The first-order valence-electron chi connectivity index (χ1n) is 9.65. The molecule has 7 heteroatoms. The van der Waals surface area contributed by atoms with Crippen LogP contribution in [0.2, 0.25) is 0 Å². The largest absolute Gasteiger partial charge is 0.463 e. The first-order chi connectivity index (χ1) is 15.2. The van der Waals surface area contributed by atoms with Gasteiger partial charge in [-0.25, -0.2) is 19.6 Å². The van der Waals surface area contributed by atoms with Crippen molar-refractivity contribution in [3.63, 3.8) is 0 Å². The maximum atomic E-state index is 12.1. The topological polar surface area (TPSA) is 90.4 Å². The second kappa shape index (κ2) is 9.09. The minimum absolute atomic E-state index is 0.00899. The quantitative estimate of drug-likeness (QED) is 0.522. The van der Waals surface area contributed by atoms with Crippen molar-refractivity contribution in [2.24, 2.45) is 0 Å². The number of fused-ring (bicyclic) bond motifs is 3. The van der Waals surface area contributed by atoms with Crippen LogP contribution in [-0.2, 0) is 9.47 Å². The van der Waals surface area contributed by atoms with Crippen molar-refractivity contribution < 1.29 is 19.1 Å². The molecule has 0 saturated heterocycles. The molecule has 3 aromatic rings. The number of nitrogens with one attached hydrogen (secondary N) is 1. The van der Waals surface area contributed by atoms with Gasteiger partial charge >= 0.3 is 12.1 Å². The SMILES string of the molecule is COC(=O)c1ncc(C#CCNC(=O)OCC2c3ccccc3-c3ccccc32)cn1. The zero-order valence-corrected chi connectivity index (χ0v) is 16.8. The zero-order chi connectivity index (χ0) is 21.6. The van der Waals surface area contributed by atoms with Gasteiger partial charge in [0.1, 0.15) is 6.61 Å². The Morgan fingerprint density at radius 3 is 2.23 bits per heavy atom. The van der Waals surface area contributed by atoms with Crippen LogP contribution in [0, 0.1) is 11.8 Å². The number of aromatic nitrogens is 2. The fourth-order valence-corrected chi connectivity index (χ4v) is 3.50. The highest BCUT2D eigenvalue weighted by Crippen LogP contribution is 2.44. The Balaban J connectivity index is 1.31. The molecule has 4 rings (SSSR count). The molecular weight excluding hydrogens is 394 g/mol. The van der Waals surface area contributed by atoms with Crippen LogP contribution in [0.5, 0.6) is 0 Å². The van der Waals surface area contributed by atoms with Crippen molar-refractivity contribution in [3.05, 3.63) is 83.4 Å². The number of benzene rings is 2. The Hall–Kier alpha value is -4.18. The molecule has 1 N–H and O–H groups in total. The summed E-state index contributed by atoms with van der Waals surface area (Å²) in [6.45, 7) is 0.353. The molecule has 1 aliphatic carbocycles. The normalized spacial score (nSPS) is 11.5. The third kappa shape index (κ3) is 4.38. The number of carbonyl (C=O) groups is 2. The molecule has 1 aliphatic rings. The van der Waals surface area contributed by atoms with Crippen molar-refractivity contribution in [1.82, 2.24) is 15.3 Å². The van der Waals surface area contributed by atoms with E-state index in [1.807, 2.05) is 24.3 Å². The van der Waals surface area contributed by atoms with Gasteiger partial charge in [0.2, 0.25) is 5.82 Å². The van der Waals surface area contributed by atoms with Gasteiger partial charge in [0.25, 0.3) is 0 Å². The van der Waals surface area contributed by atoms with E-state index in [0.717, 1.165) is 11.1 Å². The van der Waals surface area contributed by atoms with E-state index < -0.39 is 12.1 Å².